The number of hydrogen-bond donors (Lipinski definition) is 1. The summed E-state index contributed by atoms with van der Waals surface area (Å²) < 4.78 is 9.91. The van der Waals surface area contributed by atoms with Crippen molar-refractivity contribution in [1.29, 1.82) is 0 Å². The predicted octanol–water partition coefficient (Wildman–Crippen LogP) is 3.53. The zero-order chi connectivity index (χ0) is 15.5. The maximum absolute atomic E-state index is 5.31. The van der Waals surface area contributed by atoms with Crippen LogP contribution in [0.1, 0.15) is 41.0 Å². The van der Waals surface area contributed by atoms with E-state index in [0.717, 1.165) is 12.7 Å². The van der Waals surface area contributed by atoms with Gasteiger partial charge >= 0.3 is 0 Å². The fraction of sp³-hybridized carbons (Fsp3) is 1.00. The van der Waals surface area contributed by atoms with Gasteiger partial charge in [-0.25, -0.2) is 0 Å². The summed E-state index contributed by atoms with van der Waals surface area (Å²) in [5, 5.41) is 3.33. The normalized spacial score (nSPS) is 14.3. The Kier molecular flexibility index (Phi) is 6.75. The first-order chi connectivity index (χ1) is 8.36. The number of nitrogens with zero attached hydrogens (tertiary/aromatic N) is 3. The van der Waals surface area contributed by atoms with Crippen LogP contribution in [0.15, 0.2) is 4.74 Å². The van der Waals surface area contributed by atoms with Crippen molar-refractivity contribution in [1.82, 2.24) is 14.7 Å². The zero-order valence-electron chi connectivity index (χ0n) is 14.7. The molecule has 1 N–H and O–H groups in total. The van der Waals surface area contributed by atoms with Gasteiger partial charge < -0.3 is 5.32 Å². The van der Waals surface area contributed by atoms with E-state index in [-0.39, 0.29) is 5.54 Å². The molecule has 0 amide bonds. The van der Waals surface area contributed by atoms with Crippen molar-refractivity contribution in [3.8, 4) is 0 Å². The van der Waals surface area contributed by atoms with Gasteiger partial charge in [0.25, 0.3) is 0 Å². The molecule has 116 valence electrons. The minimum Gasteiger partial charge on any atom is -0.312 e. The lowest BCUT2D eigenvalue weighted by atomic mass is 9.82. The highest BCUT2D eigenvalue weighted by Gasteiger charge is 2.31. The second-order valence-electron chi connectivity index (χ2n) is 7.55. The largest absolute Gasteiger partial charge is 0.312 e. The van der Waals surface area contributed by atoms with Crippen molar-refractivity contribution < 1.29 is 0 Å². The Bertz CT molecular complexity index is 315. The lowest BCUT2D eigenvalue weighted by Gasteiger charge is -2.41. The van der Waals surface area contributed by atoms with E-state index in [1.165, 1.54) is 0 Å². The van der Waals surface area contributed by atoms with Gasteiger partial charge in [0.15, 0.2) is 0 Å². The molecule has 19 heavy (non-hydrogen) atoms. The summed E-state index contributed by atoms with van der Waals surface area (Å²) in [5.41, 5.74) is 0.276. The Labute approximate surface area is 121 Å². The Morgan fingerprint density at radius 2 is 1.37 bits per heavy atom. The molecule has 0 unspecified atom stereocenters. The molecule has 0 aliphatic rings. The molecule has 0 heterocycles. The summed E-state index contributed by atoms with van der Waals surface area (Å²) in [6, 6.07) is 0. The summed E-state index contributed by atoms with van der Waals surface area (Å²) in [5.74, 6) is 0. The fourth-order valence-electron chi connectivity index (χ4n) is 2.83. The van der Waals surface area contributed by atoms with Gasteiger partial charge in [-0.1, -0.05) is 20.8 Å². The van der Waals surface area contributed by atoms with Crippen LogP contribution in [0.25, 0.3) is 0 Å². The molecule has 0 aromatic rings. The summed E-state index contributed by atoms with van der Waals surface area (Å²) in [6.45, 7) is 11.4. The van der Waals surface area contributed by atoms with E-state index >= 15 is 0 Å². The van der Waals surface area contributed by atoms with Crippen molar-refractivity contribution in [2.45, 2.75) is 46.6 Å². The zero-order valence-corrected chi connectivity index (χ0v) is 15.6. The van der Waals surface area contributed by atoms with Crippen LogP contribution >= 0.6 is 7.36 Å². The van der Waals surface area contributed by atoms with Crippen molar-refractivity contribution in [3.05, 3.63) is 0 Å². The average Bonchev–Trinajstić information content (AvgIpc) is 2.11. The van der Waals surface area contributed by atoms with Gasteiger partial charge in [-0.15, -0.1) is 0 Å². The van der Waals surface area contributed by atoms with Gasteiger partial charge in [0, 0.05) is 0 Å². The summed E-state index contributed by atoms with van der Waals surface area (Å²) in [7, 11) is 8.90. The Morgan fingerprint density at radius 1 is 0.947 bits per heavy atom. The van der Waals surface area contributed by atoms with E-state index in [4.69, 9.17) is 4.74 Å². The molecule has 0 bridgehead atoms. The van der Waals surface area contributed by atoms with E-state index in [1.807, 2.05) is 7.05 Å². The molecule has 4 nitrogen and oxygen atoms in total. The van der Waals surface area contributed by atoms with Gasteiger partial charge in [-0.3, -0.25) is 14.1 Å². The van der Waals surface area contributed by atoms with E-state index in [0.29, 0.717) is 5.41 Å². The van der Waals surface area contributed by atoms with Gasteiger partial charge in [0.05, 0.1) is 11.8 Å². The minimum atomic E-state index is -1.67. The fourth-order valence-corrected chi connectivity index (χ4v) is 5.91. The second kappa shape index (κ2) is 6.71. The number of hydrogen-bond acceptors (Lipinski definition) is 2. The smallest absolute Gasteiger partial charge is 0.110 e. The second-order valence-corrected chi connectivity index (χ2v) is 11.0. The van der Waals surface area contributed by atoms with E-state index in [9.17, 15) is 0 Å². The predicted molar refractivity (Wildman–Crippen MR) is 88.8 cm³/mol. The lowest BCUT2D eigenvalue weighted by Crippen LogP contribution is -2.32. The molecule has 0 saturated carbocycles. The highest BCUT2D eigenvalue weighted by Crippen LogP contribution is 2.54. The van der Waals surface area contributed by atoms with Crippen molar-refractivity contribution in [2.24, 2.45) is 10.2 Å². The molecular formula is C14H35N4P. The monoisotopic (exact) mass is 290 g/mol. The minimum absolute atomic E-state index is 0.0165. The summed E-state index contributed by atoms with van der Waals surface area (Å²) in [6.07, 6.45) is 2.01. The third kappa shape index (κ3) is 5.95. The molecule has 0 aliphatic carbocycles. The van der Waals surface area contributed by atoms with E-state index in [1.54, 1.807) is 0 Å². The SMILES string of the molecule is CNCP(=NC(C)(C)CC(C)(C)C)(N(C)C)N(C)C. The molecular weight excluding hydrogens is 255 g/mol. The standard InChI is InChI=1S/C14H35N4P/c1-13(2,3)11-14(4,5)16-19(12-15-6,17(7)8)18(9)10/h15H,11-12H2,1-10H3. The Morgan fingerprint density at radius 3 is 1.63 bits per heavy atom. The maximum atomic E-state index is 5.31. The van der Waals surface area contributed by atoms with Crippen LogP contribution in [-0.2, 0) is 0 Å². The Balaban J connectivity index is 5.64. The summed E-state index contributed by atoms with van der Waals surface area (Å²) in [4.78, 5) is 0. The molecule has 0 fully saturated rings. The van der Waals surface area contributed by atoms with E-state index < -0.39 is 7.36 Å². The molecule has 0 rings (SSSR count). The van der Waals surface area contributed by atoms with Crippen LogP contribution in [0.3, 0.4) is 0 Å². The molecule has 0 saturated heterocycles. The molecule has 0 aliphatic heterocycles. The summed E-state index contributed by atoms with van der Waals surface area (Å²) >= 11 is 0. The van der Waals surface area contributed by atoms with Crippen molar-refractivity contribution >= 4 is 7.36 Å². The van der Waals surface area contributed by atoms with Crippen LogP contribution in [0.4, 0.5) is 0 Å². The molecule has 0 radical (unpaired) electrons. The van der Waals surface area contributed by atoms with E-state index in [2.05, 4.69) is 77.5 Å². The maximum Gasteiger partial charge on any atom is 0.110 e. The molecule has 5 heteroatoms. The first kappa shape index (κ1) is 19.1. The van der Waals surface area contributed by atoms with Crippen LogP contribution in [-0.4, -0.2) is 56.4 Å². The molecule has 0 aromatic carbocycles. The molecule has 0 spiro atoms. The average molecular weight is 290 g/mol. The van der Waals surface area contributed by atoms with Crippen LogP contribution in [0, 0.1) is 5.41 Å². The van der Waals surface area contributed by atoms with Crippen molar-refractivity contribution in [3.63, 3.8) is 0 Å². The highest BCUT2D eigenvalue weighted by molar-refractivity contribution is 7.61. The van der Waals surface area contributed by atoms with Crippen LogP contribution in [0.2, 0.25) is 0 Å². The third-order valence-corrected chi connectivity index (χ3v) is 7.21. The van der Waals surface area contributed by atoms with Gasteiger partial charge in [-0.05, 0) is 60.9 Å². The third-order valence-electron chi connectivity index (χ3n) is 3.05. The van der Waals surface area contributed by atoms with Gasteiger partial charge in [-0.2, -0.15) is 0 Å². The topological polar surface area (TPSA) is 30.9 Å². The van der Waals surface area contributed by atoms with Crippen LogP contribution in [0.5, 0.6) is 0 Å². The van der Waals surface area contributed by atoms with Gasteiger partial charge in [0.2, 0.25) is 0 Å². The van der Waals surface area contributed by atoms with Crippen molar-refractivity contribution in [2.75, 3.05) is 41.5 Å². The van der Waals surface area contributed by atoms with Gasteiger partial charge in [0.1, 0.15) is 7.36 Å². The number of rotatable bonds is 6. The molecule has 0 atom stereocenters. The number of nitrogens with one attached hydrogen (secondary N) is 1. The highest BCUT2D eigenvalue weighted by atomic mass is 31.2. The lowest BCUT2D eigenvalue weighted by molar-refractivity contribution is 0.287. The van der Waals surface area contributed by atoms with Crippen LogP contribution < -0.4 is 5.32 Å². The quantitative estimate of drug-likeness (QED) is 0.759. The Hall–Kier alpha value is 0.110. The first-order valence-corrected chi connectivity index (χ1v) is 8.82. The first-order valence-electron chi connectivity index (χ1n) is 6.99. The molecule has 0 aromatic heterocycles.